The molecule has 30 heavy (non-hydrogen) atoms. The number of carbonyl (C=O) groups is 1. The van der Waals surface area contributed by atoms with Gasteiger partial charge in [-0.05, 0) is 68.9 Å². The third-order valence-corrected chi connectivity index (χ3v) is 6.17. The molecule has 1 fully saturated rings. The maximum absolute atomic E-state index is 11.5. The second-order valence-electron chi connectivity index (χ2n) is 8.78. The van der Waals surface area contributed by atoms with Crippen molar-refractivity contribution in [1.82, 2.24) is 0 Å². The summed E-state index contributed by atoms with van der Waals surface area (Å²) in [7, 11) is 0. The lowest BCUT2D eigenvalue weighted by Crippen LogP contribution is -2.34. The van der Waals surface area contributed by atoms with E-state index in [9.17, 15) is 9.90 Å². The van der Waals surface area contributed by atoms with Gasteiger partial charge in [-0.3, -0.25) is 0 Å². The van der Waals surface area contributed by atoms with Crippen molar-refractivity contribution in [2.45, 2.75) is 77.7 Å². The van der Waals surface area contributed by atoms with Gasteiger partial charge in [0.25, 0.3) is 0 Å². The van der Waals surface area contributed by atoms with Gasteiger partial charge in [-0.2, -0.15) is 0 Å². The van der Waals surface area contributed by atoms with E-state index in [0.717, 1.165) is 32.3 Å². The minimum atomic E-state index is -0.370. The fraction of sp³-hybridized carbons (Fsp3) is 0.654. The predicted molar refractivity (Wildman–Crippen MR) is 121 cm³/mol. The van der Waals surface area contributed by atoms with E-state index < -0.39 is 0 Å². The van der Waals surface area contributed by atoms with Crippen molar-refractivity contribution in [2.75, 3.05) is 19.8 Å². The third-order valence-electron chi connectivity index (χ3n) is 6.17. The Kier molecular flexibility index (Phi) is 11.2. The van der Waals surface area contributed by atoms with Gasteiger partial charge < -0.3 is 14.6 Å². The summed E-state index contributed by atoms with van der Waals surface area (Å²) in [4.78, 5) is 11.5. The third kappa shape index (κ3) is 8.61. The van der Waals surface area contributed by atoms with E-state index in [2.05, 4.69) is 37.8 Å². The highest BCUT2D eigenvalue weighted by molar-refractivity contribution is 5.86. The maximum Gasteiger partial charge on any atom is 0.333 e. The molecular formula is C26H40O4. The van der Waals surface area contributed by atoms with Crippen molar-refractivity contribution in [1.29, 1.82) is 0 Å². The highest BCUT2D eigenvalue weighted by Crippen LogP contribution is 2.28. The lowest BCUT2D eigenvalue weighted by atomic mass is 9.87. The average Bonchev–Trinajstić information content (AvgIpc) is 2.76. The zero-order valence-electron chi connectivity index (χ0n) is 18.9. The second kappa shape index (κ2) is 13.6. The Labute approximate surface area is 182 Å². The number of ether oxygens (including phenoxy) is 2. The average molecular weight is 417 g/mol. The first kappa shape index (κ1) is 24.6. The molecule has 1 saturated heterocycles. The van der Waals surface area contributed by atoms with Crippen LogP contribution in [0.25, 0.3) is 0 Å². The van der Waals surface area contributed by atoms with Gasteiger partial charge in [0.1, 0.15) is 0 Å². The Morgan fingerprint density at radius 3 is 2.47 bits per heavy atom. The summed E-state index contributed by atoms with van der Waals surface area (Å²) >= 11 is 0. The molecule has 1 heterocycles. The molecule has 0 saturated carbocycles. The molecule has 3 atom stereocenters. The van der Waals surface area contributed by atoms with Crippen LogP contribution in [0.5, 0.6) is 0 Å². The van der Waals surface area contributed by atoms with Crippen LogP contribution in [-0.2, 0) is 27.1 Å². The van der Waals surface area contributed by atoms with Crippen LogP contribution in [0, 0.1) is 11.8 Å². The van der Waals surface area contributed by atoms with Gasteiger partial charge in [0.05, 0.1) is 12.7 Å². The summed E-state index contributed by atoms with van der Waals surface area (Å²) < 4.78 is 11.3. The Balaban J connectivity index is 1.67. The summed E-state index contributed by atoms with van der Waals surface area (Å²) in [5, 5.41) is 9.72. The molecule has 2 rings (SSSR count). The number of aryl methyl sites for hydroxylation is 2. The van der Waals surface area contributed by atoms with Gasteiger partial charge in [0, 0.05) is 24.7 Å². The van der Waals surface area contributed by atoms with E-state index in [4.69, 9.17) is 9.47 Å². The summed E-state index contributed by atoms with van der Waals surface area (Å²) in [5.74, 6) is 0.223. The van der Waals surface area contributed by atoms with Gasteiger partial charge >= 0.3 is 5.97 Å². The molecule has 1 aromatic carbocycles. The smallest absolute Gasteiger partial charge is 0.333 e. The Morgan fingerprint density at radius 2 is 1.90 bits per heavy atom. The zero-order chi connectivity index (χ0) is 21.8. The lowest BCUT2D eigenvalue weighted by molar-refractivity contribution is -0.140. The molecule has 1 N–H and O–H groups in total. The fourth-order valence-electron chi connectivity index (χ4n) is 4.07. The molecule has 0 aromatic heterocycles. The topological polar surface area (TPSA) is 55.8 Å². The first-order valence-electron chi connectivity index (χ1n) is 11.7. The van der Waals surface area contributed by atoms with Crippen molar-refractivity contribution in [3.63, 3.8) is 0 Å². The van der Waals surface area contributed by atoms with Crippen molar-refractivity contribution in [2.24, 2.45) is 11.8 Å². The predicted octanol–water partition coefficient (Wildman–Crippen LogP) is 5.27. The van der Waals surface area contributed by atoms with Crippen molar-refractivity contribution < 1.29 is 19.4 Å². The number of benzene rings is 1. The fourth-order valence-corrected chi connectivity index (χ4v) is 4.07. The van der Waals surface area contributed by atoms with E-state index in [1.165, 1.54) is 36.8 Å². The van der Waals surface area contributed by atoms with Gasteiger partial charge in [0.15, 0.2) is 0 Å². The second-order valence-corrected chi connectivity index (χ2v) is 8.78. The molecule has 0 bridgehead atoms. The van der Waals surface area contributed by atoms with Crippen LogP contribution in [0.3, 0.4) is 0 Å². The minimum Gasteiger partial charge on any atom is -0.462 e. The molecule has 1 aliphatic rings. The van der Waals surface area contributed by atoms with E-state index >= 15 is 0 Å². The van der Waals surface area contributed by atoms with Gasteiger partial charge in [-0.15, -0.1) is 0 Å². The Morgan fingerprint density at radius 1 is 1.20 bits per heavy atom. The standard InChI is InChI=1S/C26H40O4/c1-4-5-6-7-21-8-10-22(11-9-21)12-13-23-14-15-25(30-19-23)24(18-27)16-17-29-26(28)20(2)3/h8-11,23-25,27H,2,4-7,12-19H2,1,3H3. The van der Waals surface area contributed by atoms with Crippen molar-refractivity contribution >= 4 is 5.97 Å². The van der Waals surface area contributed by atoms with E-state index in [1.807, 2.05) is 0 Å². The molecule has 0 aliphatic carbocycles. The monoisotopic (exact) mass is 416 g/mol. The number of aliphatic hydroxyl groups excluding tert-OH is 1. The van der Waals surface area contributed by atoms with E-state index in [1.54, 1.807) is 6.92 Å². The Hall–Kier alpha value is -1.65. The van der Waals surface area contributed by atoms with Crippen LogP contribution in [0.15, 0.2) is 36.4 Å². The summed E-state index contributed by atoms with van der Waals surface area (Å²) in [5.41, 5.74) is 3.25. The molecular weight excluding hydrogens is 376 g/mol. The summed E-state index contributed by atoms with van der Waals surface area (Å²) in [6.45, 7) is 8.57. The molecule has 168 valence electrons. The number of esters is 1. The van der Waals surface area contributed by atoms with E-state index in [-0.39, 0.29) is 24.6 Å². The van der Waals surface area contributed by atoms with Crippen LogP contribution in [-0.4, -0.2) is 37.0 Å². The molecule has 0 amide bonds. The zero-order valence-corrected chi connectivity index (χ0v) is 18.9. The number of rotatable bonds is 13. The minimum absolute atomic E-state index is 0.0177. The highest BCUT2D eigenvalue weighted by Gasteiger charge is 2.28. The van der Waals surface area contributed by atoms with Crippen LogP contribution in [0.1, 0.15) is 69.9 Å². The molecule has 4 nitrogen and oxygen atoms in total. The number of hydrogen-bond acceptors (Lipinski definition) is 4. The molecule has 1 aromatic rings. The number of aliphatic hydroxyl groups is 1. The van der Waals surface area contributed by atoms with Crippen molar-refractivity contribution in [3.8, 4) is 0 Å². The number of carbonyl (C=O) groups excluding carboxylic acids is 1. The summed E-state index contributed by atoms with van der Waals surface area (Å²) in [6, 6.07) is 9.12. The maximum atomic E-state index is 11.5. The normalized spacial score (nSPS) is 20.0. The van der Waals surface area contributed by atoms with Crippen LogP contribution in [0.4, 0.5) is 0 Å². The quantitative estimate of drug-likeness (QED) is 0.271. The molecule has 1 aliphatic heterocycles. The van der Waals surface area contributed by atoms with Crippen LogP contribution < -0.4 is 0 Å². The molecule has 0 radical (unpaired) electrons. The van der Waals surface area contributed by atoms with Crippen LogP contribution in [0.2, 0.25) is 0 Å². The van der Waals surface area contributed by atoms with Gasteiger partial charge in [-0.25, -0.2) is 4.79 Å². The number of unbranched alkanes of at least 4 members (excludes halogenated alkanes) is 2. The lowest BCUT2D eigenvalue weighted by Gasteiger charge is -2.33. The first-order chi connectivity index (χ1) is 14.5. The number of hydrogen-bond donors (Lipinski definition) is 1. The SMILES string of the molecule is C=C(C)C(=O)OCCC(CO)C1CCC(CCc2ccc(CCCCC)cc2)CO1. The first-order valence-corrected chi connectivity index (χ1v) is 11.7. The van der Waals surface area contributed by atoms with Crippen LogP contribution >= 0.6 is 0 Å². The van der Waals surface area contributed by atoms with E-state index in [0.29, 0.717) is 24.5 Å². The Bertz CT molecular complexity index is 629. The molecule has 3 unspecified atom stereocenters. The van der Waals surface area contributed by atoms with Gasteiger partial charge in [-0.1, -0.05) is 50.6 Å². The summed E-state index contributed by atoms with van der Waals surface area (Å²) in [6.07, 6.45) is 10.0. The molecule has 4 heteroatoms. The largest absolute Gasteiger partial charge is 0.462 e. The molecule has 0 spiro atoms. The highest BCUT2D eigenvalue weighted by atomic mass is 16.5. The van der Waals surface area contributed by atoms with Crippen molar-refractivity contribution in [3.05, 3.63) is 47.5 Å². The van der Waals surface area contributed by atoms with Gasteiger partial charge in [0.2, 0.25) is 0 Å².